The Kier molecular flexibility index (Phi) is 6.85. The van der Waals surface area contributed by atoms with Gasteiger partial charge in [0.2, 0.25) is 5.91 Å². The first-order chi connectivity index (χ1) is 19.3. The Morgan fingerprint density at radius 2 is 1.93 bits per heavy atom. The molecule has 0 saturated carbocycles. The fourth-order valence-electron chi connectivity index (χ4n) is 4.52. The number of carbonyl (C=O) groups excluding carboxylic acids is 1. The number of aryl methyl sites for hydroxylation is 3. The van der Waals surface area contributed by atoms with Crippen molar-refractivity contribution in [3.63, 3.8) is 0 Å². The van der Waals surface area contributed by atoms with Crippen LogP contribution in [0.15, 0.2) is 57.0 Å². The molecule has 5 rings (SSSR count). The van der Waals surface area contributed by atoms with Crippen molar-refractivity contribution in [2.75, 3.05) is 5.32 Å². The third-order valence-electron chi connectivity index (χ3n) is 6.71. The standard InChI is InChI=1S/C27H26F2N8O4/c1-14-9-18(34-41-14)12-36-25(39)22-23(35(5)26(36)40)31-13-37(22)16(3)24(38)33-21-8-6-7-20(32-21)17-10-19(27(4,28)29)15(2)30-11-17/h6-11,13,16H,12H2,1-5H3,(H,32,33,38)/t16-/m0/s1. The Bertz CT molecular complexity index is 1920. The maximum Gasteiger partial charge on any atom is 0.332 e. The van der Waals surface area contributed by atoms with Gasteiger partial charge in [-0.05, 0) is 39.0 Å². The third kappa shape index (κ3) is 5.15. The van der Waals surface area contributed by atoms with E-state index in [9.17, 15) is 23.2 Å². The van der Waals surface area contributed by atoms with Gasteiger partial charge in [0.15, 0.2) is 11.2 Å². The molecule has 0 aliphatic carbocycles. The van der Waals surface area contributed by atoms with E-state index >= 15 is 0 Å². The highest BCUT2D eigenvalue weighted by atomic mass is 19.3. The molecule has 0 aliphatic heterocycles. The van der Waals surface area contributed by atoms with Crippen molar-refractivity contribution in [2.24, 2.45) is 7.05 Å². The minimum Gasteiger partial charge on any atom is -0.361 e. The zero-order valence-corrected chi connectivity index (χ0v) is 22.8. The number of pyridine rings is 2. The van der Waals surface area contributed by atoms with Gasteiger partial charge >= 0.3 is 5.69 Å². The van der Waals surface area contributed by atoms with Crippen molar-refractivity contribution in [1.82, 2.24) is 33.8 Å². The van der Waals surface area contributed by atoms with Crippen molar-refractivity contribution >= 4 is 22.9 Å². The van der Waals surface area contributed by atoms with Crippen LogP contribution in [0.4, 0.5) is 14.6 Å². The number of nitrogens with one attached hydrogen (secondary N) is 1. The Labute approximate surface area is 231 Å². The zero-order chi connectivity index (χ0) is 29.6. The van der Waals surface area contributed by atoms with E-state index in [1.165, 1.54) is 41.7 Å². The number of fused-ring (bicyclic) bond motifs is 1. The number of carbonyl (C=O) groups is 1. The molecule has 212 valence electrons. The van der Waals surface area contributed by atoms with Gasteiger partial charge in [0.1, 0.15) is 23.3 Å². The zero-order valence-electron chi connectivity index (χ0n) is 22.8. The molecule has 0 spiro atoms. The largest absolute Gasteiger partial charge is 0.361 e. The second kappa shape index (κ2) is 10.2. The van der Waals surface area contributed by atoms with E-state index in [0.717, 1.165) is 11.5 Å². The van der Waals surface area contributed by atoms with Crippen LogP contribution in [0.1, 0.15) is 42.6 Å². The lowest BCUT2D eigenvalue weighted by Crippen LogP contribution is -2.40. The molecule has 0 unspecified atom stereocenters. The monoisotopic (exact) mass is 564 g/mol. The average Bonchev–Trinajstić information content (AvgIpc) is 3.55. The van der Waals surface area contributed by atoms with Gasteiger partial charge in [-0.25, -0.2) is 23.5 Å². The van der Waals surface area contributed by atoms with Crippen LogP contribution >= 0.6 is 0 Å². The van der Waals surface area contributed by atoms with Crippen LogP contribution < -0.4 is 16.6 Å². The van der Waals surface area contributed by atoms with E-state index in [2.05, 4.69) is 25.4 Å². The lowest BCUT2D eigenvalue weighted by molar-refractivity contribution is -0.118. The number of halogens is 2. The quantitative estimate of drug-likeness (QED) is 0.317. The number of aromatic nitrogens is 7. The molecule has 1 atom stereocenters. The fraction of sp³-hybridized carbons (Fsp3) is 0.296. The van der Waals surface area contributed by atoms with E-state index in [0.29, 0.717) is 22.7 Å². The minimum atomic E-state index is -3.09. The van der Waals surface area contributed by atoms with Crippen LogP contribution in [-0.4, -0.2) is 39.7 Å². The molecule has 5 aromatic rings. The van der Waals surface area contributed by atoms with Crippen LogP contribution in [0.2, 0.25) is 0 Å². The van der Waals surface area contributed by atoms with Crippen molar-refractivity contribution in [2.45, 2.75) is 46.2 Å². The molecule has 0 aromatic carbocycles. The molecular weight excluding hydrogens is 538 g/mol. The van der Waals surface area contributed by atoms with Gasteiger partial charge in [0, 0.05) is 43.1 Å². The SMILES string of the molecule is Cc1cc(Cn2c(=O)c3c(ncn3[C@@H](C)C(=O)Nc3cccc(-c4cnc(C)c(C(C)(F)F)c4)n3)n(C)c2=O)no1. The first kappa shape index (κ1) is 27.6. The number of nitrogens with zero attached hydrogens (tertiary/aromatic N) is 7. The van der Waals surface area contributed by atoms with Gasteiger partial charge in [-0.2, -0.15) is 0 Å². The summed E-state index contributed by atoms with van der Waals surface area (Å²) in [5.74, 6) is -2.91. The Morgan fingerprint density at radius 3 is 2.61 bits per heavy atom. The van der Waals surface area contributed by atoms with Gasteiger partial charge in [0.25, 0.3) is 11.5 Å². The number of alkyl halides is 2. The molecule has 1 N–H and O–H groups in total. The summed E-state index contributed by atoms with van der Waals surface area (Å²) in [6.07, 6.45) is 2.75. The highest BCUT2D eigenvalue weighted by molar-refractivity contribution is 5.93. The lowest BCUT2D eigenvalue weighted by Gasteiger charge is -2.16. The lowest BCUT2D eigenvalue weighted by atomic mass is 10.0. The van der Waals surface area contributed by atoms with Crippen LogP contribution in [0.3, 0.4) is 0 Å². The first-order valence-corrected chi connectivity index (χ1v) is 12.6. The molecule has 41 heavy (non-hydrogen) atoms. The maximum absolute atomic E-state index is 14.0. The van der Waals surface area contributed by atoms with Gasteiger partial charge in [-0.1, -0.05) is 11.2 Å². The average molecular weight is 565 g/mol. The summed E-state index contributed by atoms with van der Waals surface area (Å²) >= 11 is 0. The number of anilines is 1. The summed E-state index contributed by atoms with van der Waals surface area (Å²) in [6.45, 7) is 5.44. The molecule has 0 saturated heterocycles. The normalized spacial score (nSPS) is 12.6. The van der Waals surface area contributed by atoms with Crippen molar-refractivity contribution < 1.29 is 18.1 Å². The van der Waals surface area contributed by atoms with E-state index in [-0.39, 0.29) is 34.8 Å². The Balaban J connectivity index is 1.45. The van der Waals surface area contributed by atoms with Crippen LogP contribution in [-0.2, 0) is 24.3 Å². The number of hydrogen-bond acceptors (Lipinski definition) is 8. The second-order valence-corrected chi connectivity index (χ2v) is 9.80. The smallest absolute Gasteiger partial charge is 0.332 e. The first-order valence-electron chi connectivity index (χ1n) is 12.6. The van der Waals surface area contributed by atoms with Gasteiger partial charge in [-0.3, -0.25) is 23.7 Å². The number of imidazole rings is 1. The second-order valence-electron chi connectivity index (χ2n) is 9.80. The predicted molar refractivity (Wildman–Crippen MR) is 145 cm³/mol. The molecule has 12 nitrogen and oxygen atoms in total. The van der Waals surface area contributed by atoms with E-state index in [1.54, 1.807) is 38.1 Å². The molecular formula is C27H26F2N8O4. The van der Waals surface area contributed by atoms with Crippen LogP contribution in [0, 0.1) is 13.8 Å². The highest BCUT2D eigenvalue weighted by Crippen LogP contribution is 2.32. The summed E-state index contributed by atoms with van der Waals surface area (Å²) in [7, 11) is 1.48. The van der Waals surface area contributed by atoms with E-state index in [4.69, 9.17) is 4.52 Å². The number of rotatable bonds is 7. The minimum absolute atomic E-state index is 0.0513. The van der Waals surface area contributed by atoms with Gasteiger partial charge in [-0.15, -0.1) is 0 Å². The number of hydrogen-bond donors (Lipinski definition) is 1. The maximum atomic E-state index is 14.0. The third-order valence-corrected chi connectivity index (χ3v) is 6.71. The Morgan fingerprint density at radius 1 is 1.17 bits per heavy atom. The molecule has 0 aliphatic rings. The Hall–Kier alpha value is -5.01. The molecule has 5 heterocycles. The van der Waals surface area contributed by atoms with Crippen LogP contribution in [0.5, 0.6) is 0 Å². The summed E-state index contributed by atoms with van der Waals surface area (Å²) in [4.78, 5) is 52.3. The summed E-state index contributed by atoms with van der Waals surface area (Å²) < 4.78 is 36.7. The van der Waals surface area contributed by atoms with Crippen molar-refractivity contribution in [3.05, 3.63) is 86.4 Å². The van der Waals surface area contributed by atoms with Gasteiger partial charge < -0.3 is 14.4 Å². The topological polar surface area (TPSA) is 143 Å². The van der Waals surface area contributed by atoms with Crippen molar-refractivity contribution in [1.29, 1.82) is 0 Å². The highest BCUT2D eigenvalue weighted by Gasteiger charge is 2.28. The summed E-state index contributed by atoms with van der Waals surface area (Å²) in [5, 5.41) is 6.55. The van der Waals surface area contributed by atoms with Gasteiger partial charge in [0.05, 0.1) is 18.6 Å². The van der Waals surface area contributed by atoms with Crippen LogP contribution in [0.25, 0.3) is 22.4 Å². The molecule has 1 amide bonds. The molecule has 0 fully saturated rings. The molecule has 14 heteroatoms. The molecule has 5 aromatic heterocycles. The predicted octanol–water partition coefficient (Wildman–Crippen LogP) is 3.32. The van der Waals surface area contributed by atoms with Crippen molar-refractivity contribution in [3.8, 4) is 11.3 Å². The summed E-state index contributed by atoms with van der Waals surface area (Å²) in [6, 6.07) is 6.79. The molecule has 0 radical (unpaired) electrons. The number of amides is 1. The molecule has 0 bridgehead atoms. The summed E-state index contributed by atoms with van der Waals surface area (Å²) in [5.41, 5.74) is 0.00619. The van der Waals surface area contributed by atoms with E-state index in [1.807, 2.05) is 0 Å². The fourth-order valence-corrected chi connectivity index (χ4v) is 4.52. The van der Waals surface area contributed by atoms with E-state index < -0.39 is 29.1 Å².